The predicted octanol–water partition coefficient (Wildman–Crippen LogP) is 1.76. The van der Waals surface area contributed by atoms with Crippen molar-refractivity contribution in [2.75, 3.05) is 32.5 Å². The second-order valence-corrected chi connectivity index (χ2v) is 8.02. The average molecular weight is 424 g/mol. The molecule has 28 heavy (non-hydrogen) atoms. The molecule has 160 valence electrons. The number of aliphatic imine (C=N–C) groups is 1. The molecule has 11 heteroatoms. The van der Waals surface area contributed by atoms with Crippen LogP contribution in [0.15, 0.2) is 29.3 Å². The molecule has 0 aliphatic carbocycles. The molecular formula is C17H27F3N4O3S. The van der Waals surface area contributed by atoms with Crippen LogP contribution in [0.4, 0.5) is 13.2 Å². The zero-order chi connectivity index (χ0) is 21.0. The van der Waals surface area contributed by atoms with E-state index in [1.807, 2.05) is 0 Å². The summed E-state index contributed by atoms with van der Waals surface area (Å²) in [6, 6.07) is 7.02. The summed E-state index contributed by atoms with van der Waals surface area (Å²) in [7, 11) is -1.56. The number of sulfonamides is 1. The van der Waals surface area contributed by atoms with Crippen LogP contribution in [0.2, 0.25) is 0 Å². The lowest BCUT2D eigenvalue weighted by atomic mass is 10.1. The number of benzene rings is 1. The van der Waals surface area contributed by atoms with Crippen molar-refractivity contribution in [3.05, 3.63) is 35.4 Å². The summed E-state index contributed by atoms with van der Waals surface area (Å²) in [5, 5.41) is 6.18. The highest BCUT2D eigenvalue weighted by atomic mass is 32.2. The minimum atomic E-state index is -4.33. The van der Waals surface area contributed by atoms with Gasteiger partial charge in [0.25, 0.3) is 0 Å². The first-order valence-corrected chi connectivity index (χ1v) is 10.4. The lowest BCUT2D eigenvalue weighted by Crippen LogP contribution is -2.38. The second-order valence-electron chi connectivity index (χ2n) is 5.93. The van der Waals surface area contributed by atoms with Crippen LogP contribution in [0.1, 0.15) is 24.5 Å². The maximum absolute atomic E-state index is 12.1. The quantitative estimate of drug-likeness (QED) is 0.286. The number of nitrogens with zero attached hydrogens (tertiary/aromatic N) is 1. The third-order valence-electron chi connectivity index (χ3n) is 3.59. The molecule has 0 amide bonds. The SMILES string of the molecule is CCS(=O)(=O)NCCCNC(=NC)NCc1ccc(COCC(F)(F)F)cc1. The van der Waals surface area contributed by atoms with Gasteiger partial charge in [-0.1, -0.05) is 24.3 Å². The molecule has 1 aromatic rings. The molecule has 0 aliphatic heterocycles. The van der Waals surface area contributed by atoms with E-state index in [9.17, 15) is 21.6 Å². The Balaban J connectivity index is 2.29. The maximum Gasteiger partial charge on any atom is 0.411 e. The monoisotopic (exact) mass is 424 g/mol. The molecule has 0 spiro atoms. The third kappa shape index (κ3) is 11.1. The Morgan fingerprint density at radius 2 is 1.75 bits per heavy atom. The fraction of sp³-hybridized carbons (Fsp3) is 0.588. The first-order valence-electron chi connectivity index (χ1n) is 8.79. The Bertz CT molecular complexity index is 707. The van der Waals surface area contributed by atoms with Gasteiger partial charge in [-0.2, -0.15) is 13.2 Å². The van der Waals surface area contributed by atoms with E-state index in [0.29, 0.717) is 37.6 Å². The second kappa shape index (κ2) is 11.9. The van der Waals surface area contributed by atoms with Crippen molar-refractivity contribution < 1.29 is 26.3 Å². The van der Waals surface area contributed by atoms with Gasteiger partial charge in [0.1, 0.15) is 6.61 Å². The van der Waals surface area contributed by atoms with Crippen molar-refractivity contribution in [2.45, 2.75) is 32.7 Å². The standard InChI is InChI=1S/C17H27F3N4O3S/c1-3-28(25,26)24-10-4-9-22-16(21-2)23-11-14-5-7-15(8-6-14)12-27-13-17(18,19)20/h5-8,24H,3-4,9-13H2,1-2H3,(H2,21,22,23). The highest BCUT2D eigenvalue weighted by Crippen LogP contribution is 2.15. The summed E-state index contributed by atoms with van der Waals surface area (Å²) >= 11 is 0. The van der Waals surface area contributed by atoms with Gasteiger partial charge >= 0.3 is 6.18 Å². The topological polar surface area (TPSA) is 91.8 Å². The molecule has 0 saturated heterocycles. The summed E-state index contributed by atoms with van der Waals surface area (Å²) in [4.78, 5) is 4.08. The van der Waals surface area contributed by atoms with Gasteiger partial charge < -0.3 is 15.4 Å². The molecular weight excluding hydrogens is 397 g/mol. The first kappa shape index (κ1) is 24.2. The number of nitrogens with one attached hydrogen (secondary N) is 3. The Morgan fingerprint density at radius 1 is 1.11 bits per heavy atom. The molecule has 0 atom stereocenters. The zero-order valence-electron chi connectivity index (χ0n) is 16.0. The first-order chi connectivity index (χ1) is 13.1. The molecule has 1 rings (SSSR count). The maximum atomic E-state index is 12.1. The number of hydrogen-bond acceptors (Lipinski definition) is 4. The van der Waals surface area contributed by atoms with Crippen molar-refractivity contribution in [3.8, 4) is 0 Å². The summed E-state index contributed by atoms with van der Waals surface area (Å²) in [6.45, 7) is 1.58. The van der Waals surface area contributed by atoms with Crippen molar-refractivity contribution in [1.29, 1.82) is 0 Å². The lowest BCUT2D eigenvalue weighted by molar-refractivity contribution is -0.176. The summed E-state index contributed by atoms with van der Waals surface area (Å²) in [5.41, 5.74) is 1.59. The van der Waals surface area contributed by atoms with Gasteiger partial charge in [0, 0.05) is 26.7 Å². The van der Waals surface area contributed by atoms with Gasteiger partial charge in [-0.05, 0) is 24.5 Å². The number of guanidine groups is 1. The Morgan fingerprint density at radius 3 is 2.32 bits per heavy atom. The van der Waals surface area contributed by atoms with E-state index in [1.54, 1.807) is 38.2 Å². The van der Waals surface area contributed by atoms with Crippen LogP contribution in [0.3, 0.4) is 0 Å². The summed E-state index contributed by atoms with van der Waals surface area (Å²) in [5.74, 6) is 0.618. The Hall–Kier alpha value is -1.85. The molecule has 0 radical (unpaired) electrons. The van der Waals surface area contributed by atoms with E-state index < -0.39 is 22.8 Å². The molecule has 0 aromatic heterocycles. The fourth-order valence-electron chi connectivity index (χ4n) is 2.07. The number of rotatable bonds is 11. The number of hydrogen-bond donors (Lipinski definition) is 3. The van der Waals surface area contributed by atoms with E-state index in [-0.39, 0.29) is 12.4 Å². The largest absolute Gasteiger partial charge is 0.411 e. The molecule has 0 saturated carbocycles. The molecule has 7 nitrogen and oxygen atoms in total. The van der Waals surface area contributed by atoms with Crippen LogP contribution in [-0.4, -0.2) is 53.1 Å². The fourth-order valence-corrected chi connectivity index (χ4v) is 2.73. The van der Waals surface area contributed by atoms with Crippen molar-refractivity contribution in [1.82, 2.24) is 15.4 Å². The van der Waals surface area contributed by atoms with E-state index >= 15 is 0 Å². The number of ether oxygens (including phenoxy) is 1. The van der Waals surface area contributed by atoms with Gasteiger partial charge in [0.05, 0.1) is 12.4 Å². The normalized spacial score (nSPS) is 12.8. The molecule has 0 fully saturated rings. The average Bonchev–Trinajstić information content (AvgIpc) is 2.64. The zero-order valence-corrected chi connectivity index (χ0v) is 16.8. The minimum absolute atomic E-state index is 0.0525. The van der Waals surface area contributed by atoms with Crippen LogP contribution in [0.5, 0.6) is 0 Å². The highest BCUT2D eigenvalue weighted by molar-refractivity contribution is 7.89. The third-order valence-corrected chi connectivity index (χ3v) is 4.99. The number of alkyl halides is 3. The van der Waals surface area contributed by atoms with E-state index in [2.05, 4.69) is 25.1 Å². The highest BCUT2D eigenvalue weighted by Gasteiger charge is 2.27. The van der Waals surface area contributed by atoms with Crippen LogP contribution in [-0.2, 0) is 27.9 Å². The van der Waals surface area contributed by atoms with E-state index in [0.717, 1.165) is 5.56 Å². The van der Waals surface area contributed by atoms with Crippen LogP contribution < -0.4 is 15.4 Å². The van der Waals surface area contributed by atoms with Crippen LogP contribution >= 0.6 is 0 Å². The van der Waals surface area contributed by atoms with Gasteiger partial charge in [-0.15, -0.1) is 0 Å². The van der Waals surface area contributed by atoms with Crippen molar-refractivity contribution >= 4 is 16.0 Å². The summed E-state index contributed by atoms with van der Waals surface area (Å²) < 4.78 is 65.9. The van der Waals surface area contributed by atoms with Crippen LogP contribution in [0.25, 0.3) is 0 Å². The molecule has 1 aromatic carbocycles. The van der Waals surface area contributed by atoms with Gasteiger partial charge in [-0.3, -0.25) is 4.99 Å². The molecule has 0 aliphatic rings. The predicted molar refractivity (Wildman–Crippen MR) is 102 cm³/mol. The summed E-state index contributed by atoms with van der Waals surface area (Å²) in [6.07, 6.45) is -3.72. The Kier molecular flexibility index (Phi) is 10.3. The Labute approximate surface area is 163 Å². The van der Waals surface area contributed by atoms with Gasteiger partial charge in [0.2, 0.25) is 10.0 Å². The van der Waals surface area contributed by atoms with Gasteiger partial charge in [0.15, 0.2) is 5.96 Å². The van der Waals surface area contributed by atoms with Crippen molar-refractivity contribution in [2.24, 2.45) is 4.99 Å². The minimum Gasteiger partial charge on any atom is -0.367 e. The smallest absolute Gasteiger partial charge is 0.367 e. The van der Waals surface area contributed by atoms with Gasteiger partial charge in [-0.25, -0.2) is 13.1 Å². The van der Waals surface area contributed by atoms with Crippen LogP contribution in [0, 0.1) is 0 Å². The van der Waals surface area contributed by atoms with E-state index in [1.165, 1.54) is 0 Å². The number of halogens is 3. The molecule has 0 heterocycles. The lowest BCUT2D eigenvalue weighted by Gasteiger charge is -2.12. The molecule has 3 N–H and O–H groups in total. The molecule has 0 unspecified atom stereocenters. The van der Waals surface area contributed by atoms with Crippen molar-refractivity contribution in [3.63, 3.8) is 0 Å². The molecule has 0 bridgehead atoms. The van der Waals surface area contributed by atoms with E-state index in [4.69, 9.17) is 0 Å².